The highest BCUT2D eigenvalue weighted by atomic mass is 16.5. The molecule has 1 aromatic carbocycles. The molecule has 1 saturated carbocycles. The Labute approximate surface area is 103 Å². The molecule has 17 heavy (non-hydrogen) atoms. The second-order valence-corrected chi connectivity index (χ2v) is 5.06. The van der Waals surface area contributed by atoms with Crippen LogP contribution in [0.2, 0.25) is 0 Å². The Kier molecular flexibility index (Phi) is 2.83. The maximum absolute atomic E-state index is 5.42. The standard InChI is InChI=1S/C14H20N2O/c1-17-13-8-4-7-12-14(13)15-9-10-5-2-3-6-11(10)16-12/h4,7-8,10-11,15-16H,2-3,5-6,9H2,1H3. The Hall–Kier alpha value is -1.38. The quantitative estimate of drug-likeness (QED) is 0.780. The van der Waals surface area contributed by atoms with E-state index in [0.29, 0.717) is 6.04 Å². The highest BCUT2D eigenvalue weighted by molar-refractivity contribution is 5.76. The summed E-state index contributed by atoms with van der Waals surface area (Å²) >= 11 is 0. The lowest BCUT2D eigenvalue weighted by molar-refractivity contribution is 0.342. The van der Waals surface area contributed by atoms with Gasteiger partial charge in [-0.1, -0.05) is 18.9 Å². The molecule has 0 aromatic heterocycles. The van der Waals surface area contributed by atoms with Crippen LogP contribution in [0.15, 0.2) is 18.2 Å². The highest BCUT2D eigenvalue weighted by Gasteiger charge is 2.28. The second kappa shape index (κ2) is 4.47. The van der Waals surface area contributed by atoms with Gasteiger partial charge in [-0.25, -0.2) is 0 Å². The zero-order valence-electron chi connectivity index (χ0n) is 10.3. The van der Waals surface area contributed by atoms with E-state index in [-0.39, 0.29) is 0 Å². The number of ether oxygens (including phenoxy) is 1. The average molecular weight is 232 g/mol. The van der Waals surface area contributed by atoms with E-state index in [1.54, 1.807) is 7.11 Å². The van der Waals surface area contributed by atoms with Crippen LogP contribution >= 0.6 is 0 Å². The van der Waals surface area contributed by atoms with Crippen molar-refractivity contribution in [3.8, 4) is 5.75 Å². The predicted octanol–water partition coefficient (Wildman–Crippen LogP) is 3.09. The number of para-hydroxylation sites is 1. The molecule has 2 N–H and O–H groups in total. The minimum atomic E-state index is 0.629. The molecular weight excluding hydrogens is 212 g/mol. The van der Waals surface area contributed by atoms with Crippen molar-refractivity contribution in [2.24, 2.45) is 5.92 Å². The summed E-state index contributed by atoms with van der Waals surface area (Å²) in [6.45, 7) is 1.06. The largest absolute Gasteiger partial charge is 0.495 e. The van der Waals surface area contributed by atoms with Crippen molar-refractivity contribution < 1.29 is 4.74 Å². The van der Waals surface area contributed by atoms with Crippen LogP contribution in [0.3, 0.4) is 0 Å². The molecule has 1 aliphatic carbocycles. The van der Waals surface area contributed by atoms with E-state index < -0.39 is 0 Å². The van der Waals surface area contributed by atoms with Crippen molar-refractivity contribution in [1.29, 1.82) is 0 Å². The first-order valence-electron chi connectivity index (χ1n) is 6.56. The maximum atomic E-state index is 5.42. The smallest absolute Gasteiger partial charge is 0.144 e. The molecule has 3 heteroatoms. The van der Waals surface area contributed by atoms with Gasteiger partial charge in [-0.15, -0.1) is 0 Å². The average Bonchev–Trinajstić information content (AvgIpc) is 2.57. The number of rotatable bonds is 1. The van der Waals surface area contributed by atoms with Crippen LogP contribution in [-0.2, 0) is 0 Å². The summed E-state index contributed by atoms with van der Waals surface area (Å²) in [5, 5.41) is 7.25. The van der Waals surface area contributed by atoms with Gasteiger partial charge < -0.3 is 15.4 Å². The Morgan fingerprint density at radius 3 is 3.00 bits per heavy atom. The van der Waals surface area contributed by atoms with Crippen molar-refractivity contribution in [3.63, 3.8) is 0 Å². The summed E-state index contributed by atoms with van der Waals surface area (Å²) in [6, 6.07) is 6.84. The van der Waals surface area contributed by atoms with Gasteiger partial charge in [0.2, 0.25) is 0 Å². The normalized spacial score (nSPS) is 26.9. The molecule has 0 spiro atoms. The number of fused-ring (bicyclic) bond motifs is 2. The third kappa shape index (κ3) is 1.94. The molecule has 3 rings (SSSR count). The van der Waals surface area contributed by atoms with E-state index in [4.69, 9.17) is 4.74 Å². The first-order valence-corrected chi connectivity index (χ1v) is 6.56. The van der Waals surface area contributed by atoms with Crippen molar-refractivity contribution in [2.45, 2.75) is 31.7 Å². The summed E-state index contributed by atoms with van der Waals surface area (Å²) in [4.78, 5) is 0. The van der Waals surface area contributed by atoms with E-state index in [1.807, 2.05) is 6.07 Å². The monoisotopic (exact) mass is 232 g/mol. The molecule has 2 atom stereocenters. The van der Waals surface area contributed by atoms with Crippen LogP contribution < -0.4 is 15.4 Å². The fourth-order valence-electron chi connectivity index (χ4n) is 3.08. The summed E-state index contributed by atoms with van der Waals surface area (Å²) in [5.41, 5.74) is 2.32. The maximum Gasteiger partial charge on any atom is 0.144 e. The minimum absolute atomic E-state index is 0.629. The molecule has 3 nitrogen and oxygen atoms in total. The van der Waals surface area contributed by atoms with Gasteiger partial charge in [0.05, 0.1) is 12.8 Å². The molecule has 92 valence electrons. The summed E-state index contributed by atoms with van der Waals surface area (Å²) in [5.74, 6) is 1.69. The van der Waals surface area contributed by atoms with Gasteiger partial charge in [0.25, 0.3) is 0 Å². The van der Waals surface area contributed by atoms with E-state index in [9.17, 15) is 0 Å². The Balaban J connectivity index is 1.92. The molecule has 2 unspecified atom stereocenters. The van der Waals surface area contributed by atoms with Gasteiger partial charge >= 0.3 is 0 Å². The SMILES string of the molecule is COc1cccc2c1NCC1CCCCC1N2. The van der Waals surface area contributed by atoms with Gasteiger partial charge in [0.15, 0.2) is 0 Å². The zero-order chi connectivity index (χ0) is 11.7. The first-order chi connectivity index (χ1) is 8.38. The topological polar surface area (TPSA) is 33.3 Å². The predicted molar refractivity (Wildman–Crippen MR) is 70.9 cm³/mol. The van der Waals surface area contributed by atoms with Crippen molar-refractivity contribution in [2.75, 3.05) is 24.3 Å². The van der Waals surface area contributed by atoms with Crippen LogP contribution in [0.4, 0.5) is 11.4 Å². The van der Waals surface area contributed by atoms with E-state index in [1.165, 1.54) is 31.4 Å². The highest BCUT2D eigenvalue weighted by Crippen LogP contribution is 2.38. The number of hydrogen-bond acceptors (Lipinski definition) is 3. The Bertz CT molecular complexity index is 405. The van der Waals surface area contributed by atoms with Crippen LogP contribution in [0.5, 0.6) is 5.75 Å². The van der Waals surface area contributed by atoms with Crippen LogP contribution in [0, 0.1) is 5.92 Å². The van der Waals surface area contributed by atoms with Gasteiger partial charge in [-0.2, -0.15) is 0 Å². The van der Waals surface area contributed by atoms with Crippen molar-refractivity contribution >= 4 is 11.4 Å². The van der Waals surface area contributed by atoms with Crippen molar-refractivity contribution in [3.05, 3.63) is 18.2 Å². The number of hydrogen-bond donors (Lipinski definition) is 2. The fraction of sp³-hybridized carbons (Fsp3) is 0.571. The van der Waals surface area contributed by atoms with E-state index >= 15 is 0 Å². The number of anilines is 2. The fourth-order valence-corrected chi connectivity index (χ4v) is 3.08. The molecule has 0 saturated heterocycles. The second-order valence-electron chi connectivity index (χ2n) is 5.06. The molecular formula is C14H20N2O. The van der Waals surface area contributed by atoms with Crippen molar-refractivity contribution in [1.82, 2.24) is 0 Å². The molecule has 0 radical (unpaired) electrons. The summed E-state index contributed by atoms with van der Waals surface area (Å²) in [6.07, 6.45) is 5.36. The lowest BCUT2D eigenvalue weighted by atomic mass is 9.84. The van der Waals surface area contributed by atoms with Gasteiger partial charge in [-0.05, 0) is 30.9 Å². The van der Waals surface area contributed by atoms with E-state index in [0.717, 1.165) is 23.9 Å². The van der Waals surface area contributed by atoms with Crippen LogP contribution in [-0.4, -0.2) is 19.7 Å². The zero-order valence-corrected chi connectivity index (χ0v) is 10.3. The van der Waals surface area contributed by atoms with Gasteiger partial charge in [0.1, 0.15) is 11.4 Å². The molecule has 1 heterocycles. The Morgan fingerprint density at radius 1 is 1.24 bits per heavy atom. The Morgan fingerprint density at radius 2 is 2.12 bits per heavy atom. The number of benzene rings is 1. The molecule has 0 bridgehead atoms. The third-order valence-electron chi connectivity index (χ3n) is 4.04. The molecule has 0 amide bonds. The van der Waals surface area contributed by atoms with Gasteiger partial charge in [-0.3, -0.25) is 0 Å². The molecule has 2 aliphatic rings. The lowest BCUT2D eigenvalue weighted by Gasteiger charge is -2.30. The van der Waals surface area contributed by atoms with Crippen LogP contribution in [0.1, 0.15) is 25.7 Å². The number of nitrogens with one attached hydrogen (secondary N) is 2. The van der Waals surface area contributed by atoms with Gasteiger partial charge in [0, 0.05) is 12.6 Å². The minimum Gasteiger partial charge on any atom is -0.495 e. The third-order valence-corrected chi connectivity index (χ3v) is 4.04. The van der Waals surface area contributed by atoms with Crippen LogP contribution in [0.25, 0.3) is 0 Å². The molecule has 1 aromatic rings. The summed E-state index contributed by atoms with van der Waals surface area (Å²) in [7, 11) is 1.73. The first kappa shape index (κ1) is 10.8. The lowest BCUT2D eigenvalue weighted by Crippen LogP contribution is -2.34. The summed E-state index contributed by atoms with van der Waals surface area (Å²) < 4.78 is 5.42. The van der Waals surface area contributed by atoms with E-state index in [2.05, 4.69) is 22.8 Å². The number of methoxy groups -OCH3 is 1. The molecule has 1 fully saturated rings. The molecule has 1 aliphatic heterocycles.